The Kier molecular flexibility index (Phi) is 4.68. The quantitative estimate of drug-likeness (QED) is 0.365. The minimum Gasteiger partial charge on any atom is -0.324 e. The number of amides is 1. The van der Waals surface area contributed by atoms with Crippen LogP contribution >= 0.6 is 11.3 Å². The number of carbonyl (C=O) groups excluding carboxylic acids is 2. The number of benzene rings is 2. The van der Waals surface area contributed by atoms with Crippen LogP contribution in [0.1, 0.15) is 26.7 Å². The molecule has 3 atom stereocenters. The van der Waals surface area contributed by atoms with E-state index < -0.39 is 34.0 Å². The Labute approximate surface area is 186 Å². The summed E-state index contributed by atoms with van der Waals surface area (Å²) in [6.07, 6.45) is 0. The Morgan fingerprint density at radius 1 is 1.25 bits per heavy atom. The standard InChI is InChI=1S/C23H18FN3O4S/c1-26-12-16(13-4-2-5-15(10-13)27(30)31)20(21(28)19-6-3-9-32-19)23(26)17-11-14(24)7-8-18(17)25-22(23)29/h2-11,16,20H,12H2,1H3,(H,25,29)/t16-,20-,23-/m1/s1. The average molecular weight is 451 g/mol. The lowest BCUT2D eigenvalue weighted by Crippen LogP contribution is -2.51. The fourth-order valence-corrected chi connectivity index (χ4v) is 5.86. The Bertz CT molecular complexity index is 1260. The summed E-state index contributed by atoms with van der Waals surface area (Å²) >= 11 is 1.27. The lowest BCUT2D eigenvalue weighted by molar-refractivity contribution is -0.384. The first-order valence-electron chi connectivity index (χ1n) is 9.99. The van der Waals surface area contributed by atoms with Gasteiger partial charge < -0.3 is 5.32 Å². The molecule has 3 heterocycles. The number of non-ortho nitro benzene ring substituents is 1. The average Bonchev–Trinajstić information content (AvgIpc) is 3.47. The first kappa shape index (κ1) is 20.5. The number of ketones is 1. The molecule has 0 unspecified atom stereocenters. The molecule has 1 aromatic heterocycles. The fourth-order valence-electron chi connectivity index (χ4n) is 5.15. The summed E-state index contributed by atoms with van der Waals surface area (Å²) in [5, 5.41) is 16.0. The number of rotatable bonds is 4. The molecule has 0 bridgehead atoms. The second kappa shape index (κ2) is 7.32. The molecule has 9 heteroatoms. The normalized spacial score (nSPS) is 24.5. The molecular weight excluding hydrogens is 433 g/mol. The molecule has 0 aliphatic carbocycles. The van der Waals surface area contributed by atoms with Crippen LogP contribution in [-0.2, 0) is 10.3 Å². The van der Waals surface area contributed by atoms with Gasteiger partial charge in [-0.3, -0.25) is 24.6 Å². The van der Waals surface area contributed by atoms with E-state index >= 15 is 0 Å². The number of nitrogens with zero attached hydrogens (tertiary/aromatic N) is 2. The number of nitro benzene ring substituents is 1. The van der Waals surface area contributed by atoms with Crippen LogP contribution < -0.4 is 5.32 Å². The summed E-state index contributed by atoms with van der Waals surface area (Å²) in [7, 11) is 1.73. The maximum Gasteiger partial charge on any atom is 0.269 e. The highest BCUT2D eigenvalue weighted by molar-refractivity contribution is 7.12. The first-order valence-corrected chi connectivity index (χ1v) is 10.9. The van der Waals surface area contributed by atoms with Crippen molar-refractivity contribution in [1.82, 2.24) is 4.90 Å². The van der Waals surface area contributed by atoms with Crippen molar-refractivity contribution >= 4 is 34.4 Å². The maximum atomic E-state index is 14.3. The van der Waals surface area contributed by atoms with Crippen LogP contribution in [0.2, 0.25) is 0 Å². The molecule has 32 heavy (non-hydrogen) atoms. The Morgan fingerprint density at radius 2 is 2.06 bits per heavy atom. The minimum atomic E-state index is -1.42. The summed E-state index contributed by atoms with van der Waals surface area (Å²) in [5.74, 6) is -2.55. The number of anilines is 1. The molecule has 162 valence electrons. The van der Waals surface area contributed by atoms with E-state index in [0.717, 1.165) is 0 Å². The van der Waals surface area contributed by atoms with E-state index in [1.165, 1.54) is 41.7 Å². The van der Waals surface area contributed by atoms with Gasteiger partial charge in [-0.25, -0.2) is 4.39 Å². The van der Waals surface area contributed by atoms with Crippen molar-refractivity contribution in [1.29, 1.82) is 0 Å². The number of likely N-dealkylation sites (N-methyl/N-ethyl adjacent to an activating group) is 1. The SMILES string of the molecule is CN1C[C@H](c2cccc([N+](=O)[O-])c2)[C@H](C(=O)c2cccs2)[C@]12C(=O)Nc1ccc(F)cc12. The topological polar surface area (TPSA) is 92.5 Å². The van der Waals surface area contributed by atoms with Crippen LogP contribution in [-0.4, -0.2) is 35.1 Å². The highest BCUT2D eigenvalue weighted by Crippen LogP contribution is 2.56. The van der Waals surface area contributed by atoms with E-state index in [4.69, 9.17) is 0 Å². The summed E-state index contributed by atoms with van der Waals surface area (Å²) in [6.45, 7) is 0.298. The van der Waals surface area contributed by atoms with Crippen LogP contribution in [0.3, 0.4) is 0 Å². The molecule has 1 amide bonds. The molecule has 2 aliphatic heterocycles. The number of likely N-dealkylation sites (tertiary alicyclic amines) is 1. The zero-order valence-corrected chi connectivity index (χ0v) is 17.8. The predicted molar refractivity (Wildman–Crippen MR) is 117 cm³/mol. The number of fused-ring (bicyclic) bond motifs is 2. The maximum absolute atomic E-state index is 14.3. The van der Waals surface area contributed by atoms with Gasteiger partial charge in [0.25, 0.3) is 5.69 Å². The third-order valence-corrected chi connectivity index (χ3v) is 7.35. The van der Waals surface area contributed by atoms with Gasteiger partial charge in [0.05, 0.1) is 15.7 Å². The van der Waals surface area contributed by atoms with E-state index in [2.05, 4.69) is 5.32 Å². The van der Waals surface area contributed by atoms with Crippen LogP contribution in [0.5, 0.6) is 0 Å². The lowest BCUT2D eigenvalue weighted by atomic mass is 9.71. The van der Waals surface area contributed by atoms with Crippen molar-refractivity contribution in [2.45, 2.75) is 11.5 Å². The fraction of sp³-hybridized carbons (Fsp3) is 0.217. The number of hydrogen-bond donors (Lipinski definition) is 1. The van der Waals surface area contributed by atoms with E-state index in [-0.39, 0.29) is 11.5 Å². The van der Waals surface area contributed by atoms with Crippen molar-refractivity contribution in [3.05, 3.63) is 91.9 Å². The largest absolute Gasteiger partial charge is 0.324 e. The summed E-state index contributed by atoms with van der Waals surface area (Å²) in [4.78, 5) is 40.4. The van der Waals surface area contributed by atoms with E-state index in [1.807, 2.05) is 0 Å². The number of halogens is 1. The van der Waals surface area contributed by atoms with E-state index in [9.17, 15) is 24.1 Å². The molecule has 0 saturated carbocycles. The number of nitro groups is 1. The number of hydrogen-bond acceptors (Lipinski definition) is 6. The third-order valence-electron chi connectivity index (χ3n) is 6.47. The molecule has 3 aromatic rings. The minimum absolute atomic E-state index is 0.0873. The van der Waals surface area contributed by atoms with Crippen LogP contribution in [0.4, 0.5) is 15.8 Å². The molecule has 1 fully saturated rings. The van der Waals surface area contributed by atoms with Crippen molar-refractivity contribution in [2.75, 3.05) is 18.9 Å². The van der Waals surface area contributed by atoms with Crippen LogP contribution in [0.25, 0.3) is 0 Å². The van der Waals surface area contributed by atoms with Gasteiger partial charge in [-0.05, 0) is 42.3 Å². The molecule has 5 rings (SSSR count). The molecule has 2 aromatic carbocycles. The summed E-state index contributed by atoms with van der Waals surface area (Å²) < 4.78 is 14.3. The number of nitrogens with one attached hydrogen (secondary N) is 1. The van der Waals surface area contributed by atoms with Crippen molar-refractivity contribution in [2.24, 2.45) is 5.92 Å². The molecule has 2 aliphatic rings. The zero-order chi connectivity index (χ0) is 22.6. The van der Waals surface area contributed by atoms with Gasteiger partial charge in [0, 0.05) is 35.8 Å². The molecular formula is C23H18FN3O4S. The Hall–Kier alpha value is -3.43. The van der Waals surface area contributed by atoms with Gasteiger partial charge in [0.15, 0.2) is 5.78 Å². The van der Waals surface area contributed by atoms with Gasteiger partial charge >= 0.3 is 0 Å². The Morgan fingerprint density at radius 3 is 2.78 bits per heavy atom. The highest BCUT2D eigenvalue weighted by atomic mass is 32.1. The van der Waals surface area contributed by atoms with Crippen LogP contribution in [0.15, 0.2) is 60.0 Å². The number of Topliss-reactive ketones (excluding diaryl/α,β-unsaturated/α-hetero) is 1. The van der Waals surface area contributed by atoms with Crippen molar-refractivity contribution in [3.63, 3.8) is 0 Å². The molecule has 1 saturated heterocycles. The smallest absolute Gasteiger partial charge is 0.269 e. The van der Waals surface area contributed by atoms with Crippen molar-refractivity contribution in [3.8, 4) is 0 Å². The van der Waals surface area contributed by atoms with Gasteiger partial charge in [-0.15, -0.1) is 11.3 Å². The first-order chi connectivity index (χ1) is 15.3. The second-order valence-corrected chi connectivity index (χ2v) is 9.02. The highest BCUT2D eigenvalue weighted by Gasteiger charge is 2.64. The molecule has 1 N–H and O–H groups in total. The van der Waals surface area contributed by atoms with E-state index in [0.29, 0.717) is 28.2 Å². The van der Waals surface area contributed by atoms with Gasteiger partial charge in [-0.1, -0.05) is 18.2 Å². The zero-order valence-electron chi connectivity index (χ0n) is 16.9. The lowest BCUT2D eigenvalue weighted by Gasteiger charge is -2.35. The van der Waals surface area contributed by atoms with Crippen molar-refractivity contribution < 1.29 is 18.9 Å². The summed E-state index contributed by atoms with van der Waals surface area (Å²) in [6, 6.07) is 13.7. The van der Waals surface area contributed by atoms with Gasteiger partial charge in [-0.2, -0.15) is 0 Å². The monoisotopic (exact) mass is 451 g/mol. The van der Waals surface area contributed by atoms with Gasteiger partial charge in [0.2, 0.25) is 5.91 Å². The summed E-state index contributed by atoms with van der Waals surface area (Å²) in [5.41, 5.74) is -0.0423. The number of carbonyl (C=O) groups is 2. The van der Waals surface area contributed by atoms with Gasteiger partial charge in [0.1, 0.15) is 11.4 Å². The number of thiophene rings is 1. The molecule has 0 radical (unpaired) electrons. The van der Waals surface area contributed by atoms with Crippen LogP contribution in [0, 0.1) is 21.8 Å². The predicted octanol–water partition coefficient (Wildman–Crippen LogP) is 4.17. The Balaban J connectivity index is 1.74. The molecule has 1 spiro atoms. The van der Waals surface area contributed by atoms with E-state index in [1.54, 1.807) is 41.6 Å². The molecule has 7 nitrogen and oxygen atoms in total. The third kappa shape index (κ3) is 2.81. The second-order valence-electron chi connectivity index (χ2n) is 8.07.